The Kier molecular flexibility index (Phi) is 7.83. The van der Waals surface area contributed by atoms with Crippen LogP contribution in [0.3, 0.4) is 0 Å². The quantitative estimate of drug-likeness (QED) is 0.242. The van der Waals surface area contributed by atoms with Gasteiger partial charge in [-0.15, -0.1) is 0 Å². The highest BCUT2D eigenvalue weighted by Gasteiger charge is 2.32. The van der Waals surface area contributed by atoms with Crippen LogP contribution in [0.4, 0.5) is 28.9 Å². The number of nitrogens with zero attached hydrogens (tertiary/aromatic N) is 3. The van der Waals surface area contributed by atoms with Crippen LogP contribution in [0.2, 0.25) is 0 Å². The monoisotopic (exact) mass is 596 g/mol. The van der Waals surface area contributed by atoms with Gasteiger partial charge in [0.25, 0.3) is 0 Å². The fourth-order valence-electron chi connectivity index (χ4n) is 4.78. The zero-order chi connectivity index (χ0) is 29.4. The summed E-state index contributed by atoms with van der Waals surface area (Å²) in [5, 5.41) is 13.5. The van der Waals surface area contributed by atoms with Crippen LogP contribution in [0.1, 0.15) is 12.3 Å². The van der Waals surface area contributed by atoms with Gasteiger partial charge in [-0.3, -0.25) is 0 Å². The van der Waals surface area contributed by atoms with Crippen molar-refractivity contribution in [3.05, 3.63) is 48.4 Å². The minimum absolute atomic E-state index is 0.0124. The fourth-order valence-corrected chi connectivity index (χ4v) is 5.41. The van der Waals surface area contributed by atoms with E-state index in [9.17, 15) is 26.0 Å². The summed E-state index contributed by atoms with van der Waals surface area (Å²) in [7, 11) is -2.06. The van der Waals surface area contributed by atoms with Gasteiger partial charge in [0.1, 0.15) is 18.5 Å². The van der Waals surface area contributed by atoms with E-state index in [4.69, 9.17) is 9.26 Å². The number of halogens is 4. The molecule has 0 bridgehead atoms. The lowest BCUT2D eigenvalue weighted by molar-refractivity contribution is -0.139. The van der Waals surface area contributed by atoms with Crippen molar-refractivity contribution in [2.75, 3.05) is 37.1 Å². The van der Waals surface area contributed by atoms with Crippen molar-refractivity contribution in [2.45, 2.75) is 42.8 Å². The molecule has 3 heterocycles. The SMILES string of the molecule is COc1cc(S(C)(=O)=O)ccc1NCc1nc(-c2cc3c(N[C@H]4CCNC[C@H]4F)cccc3n2CC(F)(F)F)no1. The number of benzene rings is 2. The van der Waals surface area contributed by atoms with E-state index >= 15 is 0 Å². The number of hydrogen-bond acceptors (Lipinski definition) is 9. The summed E-state index contributed by atoms with van der Waals surface area (Å²) in [6, 6.07) is 10.2. The first-order valence-corrected chi connectivity index (χ1v) is 14.6. The summed E-state index contributed by atoms with van der Waals surface area (Å²) in [4.78, 5) is 4.37. The third-order valence-corrected chi connectivity index (χ3v) is 7.87. The number of methoxy groups -OCH3 is 1. The smallest absolute Gasteiger partial charge is 0.406 e. The second kappa shape index (κ2) is 11.2. The second-order valence-corrected chi connectivity index (χ2v) is 11.7. The lowest BCUT2D eigenvalue weighted by atomic mass is 10.0. The van der Waals surface area contributed by atoms with Crippen molar-refractivity contribution in [1.29, 1.82) is 0 Å². The number of piperidine rings is 1. The van der Waals surface area contributed by atoms with Crippen molar-refractivity contribution in [3.8, 4) is 17.3 Å². The van der Waals surface area contributed by atoms with Crippen LogP contribution in [0.5, 0.6) is 5.75 Å². The van der Waals surface area contributed by atoms with Crippen LogP contribution in [0.25, 0.3) is 22.4 Å². The number of aromatic nitrogens is 3. The van der Waals surface area contributed by atoms with Crippen molar-refractivity contribution < 1.29 is 35.2 Å². The standard InChI is InChI=1S/C26H28F4N6O4S/c1-39-23-10-15(41(2,37)38)6-7-20(23)32-13-24-34-25(35-40-24)22-11-16-18(33-19-8-9-31-12-17(19)27)4-3-5-21(16)36(22)14-26(28,29)30/h3-7,10-11,17,19,31-33H,8-9,12-14H2,1-2H3/t17-,19+/m1/s1. The zero-order valence-corrected chi connectivity index (χ0v) is 22.9. The van der Waals surface area contributed by atoms with E-state index in [2.05, 4.69) is 26.1 Å². The molecule has 0 radical (unpaired) electrons. The van der Waals surface area contributed by atoms with Crippen LogP contribution in [0.15, 0.2) is 51.9 Å². The van der Waals surface area contributed by atoms with Crippen molar-refractivity contribution >= 4 is 32.1 Å². The largest absolute Gasteiger partial charge is 0.495 e. The number of ether oxygens (including phenoxy) is 1. The third kappa shape index (κ3) is 6.40. The van der Waals surface area contributed by atoms with Gasteiger partial charge >= 0.3 is 6.18 Å². The third-order valence-electron chi connectivity index (χ3n) is 6.76. The maximum atomic E-state index is 14.5. The normalized spacial score (nSPS) is 18.0. The molecule has 3 N–H and O–H groups in total. The minimum atomic E-state index is -4.54. The van der Waals surface area contributed by atoms with E-state index in [0.717, 1.165) is 10.8 Å². The first-order valence-electron chi connectivity index (χ1n) is 12.7. The van der Waals surface area contributed by atoms with E-state index in [1.54, 1.807) is 18.2 Å². The molecule has 2 aromatic heterocycles. The molecule has 0 unspecified atom stereocenters. The molecule has 15 heteroatoms. The van der Waals surface area contributed by atoms with E-state index in [1.807, 2.05) is 0 Å². The number of sulfone groups is 1. The van der Waals surface area contributed by atoms with Gasteiger partial charge in [0.2, 0.25) is 11.7 Å². The predicted molar refractivity (Wildman–Crippen MR) is 145 cm³/mol. The number of alkyl halides is 4. The van der Waals surface area contributed by atoms with E-state index in [-0.39, 0.29) is 46.7 Å². The van der Waals surface area contributed by atoms with Gasteiger partial charge in [-0.25, -0.2) is 12.8 Å². The van der Waals surface area contributed by atoms with Gasteiger partial charge in [-0.05, 0) is 43.3 Å². The summed E-state index contributed by atoms with van der Waals surface area (Å²) in [5.41, 5.74) is 1.32. The topological polar surface area (TPSA) is 123 Å². The molecule has 4 aromatic rings. The summed E-state index contributed by atoms with van der Waals surface area (Å²) in [6.07, 6.45) is -4.08. The molecule has 1 fully saturated rings. The average molecular weight is 597 g/mol. The van der Waals surface area contributed by atoms with Gasteiger partial charge in [-0.1, -0.05) is 11.2 Å². The van der Waals surface area contributed by atoms with Crippen LogP contribution in [-0.4, -0.2) is 68.0 Å². The number of anilines is 2. The zero-order valence-electron chi connectivity index (χ0n) is 22.1. The van der Waals surface area contributed by atoms with Gasteiger partial charge in [0.15, 0.2) is 9.84 Å². The van der Waals surface area contributed by atoms with Crippen LogP contribution in [0, 0.1) is 0 Å². The molecule has 220 valence electrons. The number of rotatable bonds is 9. The lowest BCUT2D eigenvalue weighted by Crippen LogP contribution is -2.45. The Morgan fingerprint density at radius 2 is 2.00 bits per heavy atom. The Morgan fingerprint density at radius 3 is 2.71 bits per heavy atom. The molecule has 5 rings (SSSR count). The molecule has 2 aromatic carbocycles. The van der Waals surface area contributed by atoms with E-state index in [0.29, 0.717) is 29.7 Å². The number of fused-ring (bicyclic) bond motifs is 1. The molecule has 0 spiro atoms. The Morgan fingerprint density at radius 1 is 1.20 bits per heavy atom. The highest BCUT2D eigenvalue weighted by Crippen LogP contribution is 2.35. The van der Waals surface area contributed by atoms with E-state index < -0.39 is 34.8 Å². The Labute approximate surface area is 233 Å². The number of nitrogens with one attached hydrogen (secondary N) is 3. The maximum absolute atomic E-state index is 14.5. The maximum Gasteiger partial charge on any atom is 0.406 e. The van der Waals surface area contributed by atoms with Gasteiger partial charge < -0.3 is 29.8 Å². The van der Waals surface area contributed by atoms with Gasteiger partial charge in [-0.2, -0.15) is 18.2 Å². The van der Waals surface area contributed by atoms with Crippen LogP contribution >= 0.6 is 0 Å². The molecular formula is C26H28F4N6O4S. The molecule has 1 saturated heterocycles. The predicted octanol–water partition coefficient (Wildman–Crippen LogP) is 4.39. The summed E-state index contributed by atoms with van der Waals surface area (Å²) in [5.74, 6) is 0.284. The summed E-state index contributed by atoms with van der Waals surface area (Å²) >= 11 is 0. The van der Waals surface area contributed by atoms with Crippen molar-refractivity contribution in [3.63, 3.8) is 0 Å². The highest BCUT2D eigenvalue weighted by molar-refractivity contribution is 7.90. The molecule has 0 aliphatic carbocycles. The molecule has 2 atom stereocenters. The molecule has 10 nitrogen and oxygen atoms in total. The molecule has 0 saturated carbocycles. The summed E-state index contributed by atoms with van der Waals surface area (Å²) < 4.78 is 90.7. The Hall–Kier alpha value is -3.85. The van der Waals surface area contributed by atoms with Crippen LogP contribution in [-0.2, 0) is 22.9 Å². The van der Waals surface area contributed by atoms with Gasteiger partial charge in [0.05, 0.1) is 41.5 Å². The Bertz CT molecular complexity index is 1650. The molecule has 1 aliphatic heterocycles. The lowest BCUT2D eigenvalue weighted by Gasteiger charge is -2.28. The molecule has 41 heavy (non-hydrogen) atoms. The van der Waals surface area contributed by atoms with E-state index in [1.165, 1.54) is 31.4 Å². The van der Waals surface area contributed by atoms with Crippen molar-refractivity contribution in [1.82, 2.24) is 20.0 Å². The fraction of sp³-hybridized carbons (Fsp3) is 0.385. The average Bonchev–Trinajstić information content (AvgIpc) is 3.52. The Balaban J connectivity index is 1.44. The first-order chi connectivity index (χ1) is 19.4. The first kappa shape index (κ1) is 28.7. The van der Waals surface area contributed by atoms with Crippen molar-refractivity contribution in [2.24, 2.45) is 0 Å². The minimum Gasteiger partial charge on any atom is -0.495 e. The molecule has 1 aliphatic rings. The molecular weight excluding hydrogens is 568 g/mol. The van der Waals surface area contributed by atoms with Crippen LogP contribution < -0.4 is 20.7 Å². The summed E-state index contributed by atoms with van der Waals surface area (Å²) in [6.45, 7) is -0.481. The van der Waals surface area contributed by atoms with Gasteiger partial charge in [0, 0.05) is 29.9 Å². The highest BCUT2D eigenvalue weighted by atomic mass is 32.2. The second-order valence-electron chi connectivity index (χ2n) is 9.73. The molecule has 0 amide bonds. The number of hydrogen-bond donors (Lipinski definition) is 3.